The van der Waals surface area contributed by atoms with E-state index in [1.165, 1.54) is 0 Å². The number of carbonyl (C=O) groups is 1. The number of amidine groups is 1. The van der Waals surface area contributed by atoms with Gasteiger partial charge in [-0.25, -0.2) is 0 Å². The van der Waals surface area contributed by atoms with Gasteiger partial charge in [0.25, 0.3) is 5.84 Å². The van der Waals surface area contributed by atoms with Crippen molar-refractivity contribution in [2.45, 2.75) is 18.9 Å². The molecule has 0 radical (unpaired) electrons. The quantitative estimate of drug-likeness (QED) is 0.133. The number of hydrogen-bond donors (Lipinski definition) is 5. The maximum atomic E-state index is 13.6. The van der Waals surface area contributed by atoms with Gasteiger partial charge in [0.2, 0.25) is 5.91 Å². The smallest absolute Gasteiger partial charge is 0.270 e. The summed E-state index contributed by atoms with van der Waals surface area (Å²) in [7, 11) is -4.09. The van der Waals surface area contributed by atoms with Crippen LogP contribution in [0.15, 0.2) is 97.1 Å². The normalized spacial score (nSPS) is 13.5. The van der Waals surface area contributed by atoms with Crippen molar-refractivity contribution in [1.82, 2.24) is 5.32 Å². The zero-order valence-corrected chi connectivity index (χ0v) is 20.6. The number of amides is 1. The molecule has 36 heavy (non-hydrogen) atoms. The lowest BCUT2D eigenvalue weighted by molar-refractivity contribution is -0.175. The minimum absolute atomic E-state index is 0.00916. The molecule has 4 aromatic carbocycles. The van der Waals surface area contributed by atoms with E-state index in [-0.39, 0.29) is 29.4 Å². The molecule has 2 atom stereocenters. The number of rotatable bonds is 8. The lowest BCUT2D eigenvalue weighted by atomic mass is 10.0. The Morgan fingerprint density at radius 3 is 2.19 bits per heavy atom. The van der Waals surface area contributed by atoms with Crippen LogP contribution in [0.4, 0.5) is 0 Å². The second kappa shape index (κ2) is 10.9. The van der Waals surface area contributed by atoms with Gasteiger partial charge in [-0.3, -0.25) is 15.9 Å². The Hall–Kier alpha value is -3.74. The Kier molecular flexibility index (Phi) is 7.67. The standard InChI is InChI=1S/C28H28N4O3P/c29-25(17-20-12-13-21-6-4-5-7-23(21)16-20)28(33)32-26(36(34,35)24-8-2-1-3-9-24)18-19-10-14-22(15-11-19)27(30)31/h1-16,25H,17-18,29H2,(H5-,30,31,32,33,34,35)/q-1/p+1/t25-/m1/s1. The monoisotopic (exact) mass is 500 g/mol. The molecule has 0 saturated heterocycles. The minimum Gasteiger partial charge on any atom is -0.804 e. The maximum absolute atomic E-state index is 13.6. The van der Waals surface area contributed by atoms with E-state index in [0.29, 0.717) is 11.1 Å². The van der Waals surface area contributed by atoms with Crippen molar-refractivity contribution < 1.29 is 20.0 Å². The Bertz CT molecular complexity index is 1450. The van der Waals surface area contributed by atoms with Gasteiger partial charge in [0.1, 0.15) is 0 Å². The first-order valence-electron chi connectivity index (χ1n) is 11.5. The third kappa shape index (κ3) is 5.90. The Morgan fingerprint density at radius 2 is 1.53 bits per heavy atom. The molecule has 0 aliphatic rings. The van der Waals surface area contributed by atoms with Crippen LogP contribution < -0.4 is 32.4 Å². The first-order valence-corrected chi connectivity index (χ1v) is 13.2. The van der Waals surface area contributed by atoms with E-state index in [1.807, 2.05) is 42.5 Å². The van der Waals surface area contributed by atoms with Crippen LogP contribution in [-0.4, -0.2) is 28.1 Å². The number of nitrogens with two attached hydrogens (primary N) is 3. The Morgan fingerprint density at radius 1 is 0.917 bits per heavy atom. The van der Waals surface area contributed by atoms with Crippen LogP contribution in [0.25, 0.3) is 10.8 Å². The summed E-state index contributed by atoms with van der Waals surface area (Å²) in [6.07, 6.45) is 0.327. The molecular weight excluding hydrogens is 471 g/mol. The van der Waals surface area contributed by atoms with Gasteiger partial charge in [-0.2, -0.15) is 0 Å². The van der Waals surface area contributed by atoms with Crippen molar-refractivity contribution in [2.75, 3.05) is 0 Å². The summed E-state index contributed by atoms with van der Waals surface area (Å²) in [5, 5.41) is 10.7. The SMILES string of the molecule is NC(=[NH2+])c1ccc(CC(NC(=O)[C@H](N)Cc2ccc3ccccc3c2)=P([O-])(O)c2ccccc2)cc1. The largest absolute Gasteiger partial charge is 0.804 e. The highest BCUT2D eigenvalue weighted by Crippen LogP contribution is 2.33. The summed E-state index contributed by atoms with van der Waals surface area (Å²) in [4.78, 5) is 37.8. The molecule has 0 bridgehead atoms. The second-order valence-corrected chi connectivity index (χ2v) is 10.9. The molecule has 0 aromatic heterocycles. The van der Waals surface area contributed by atoms with Crippen LogP contribution in [0.1, 0.15) is 16.7 Å². The molecule has 0 aliphatic heterocycles. The van der Waals surface area contributed by atoms with Crippen LogP contribution in [0.5, 0.6) is 0 Å². The molecular formula is C28H29N4O3P. The highest BCUT2D eigenvalue weighted by Gasteiger charge is 2.20. The van der Waals surface area contributed by atoms with Crippen molar-refractivity contribution in [3.63, 3.8) is 0 Å². The summed E-state index contributed by atoms with van der Waals surface area (Å²) in [6.45, 7) is 0. The van der Waals surface area contributed by atoms with E-state index in [0.717, 1.165) is 16.3 Å². The van der Waals surface area contributed by atoms with Gasteiger partial charge in [-0.15, -0.1) is 0 Å². The van der Waals surface area contributed by atoms with Gasteiger partial charge >= 0.3 is 0 Å². The molecule has 184 valence electrons. The summed E-state index contributed by atoms with van der Waals surface area (Å²) >= 11 is 0. The maximum Gasteiger partial charge on any atom is 0.270 e. The summed E-state index contributed by atoms with van der Waals surface area (Å²) in [5.41, 5.74) is 14.1. The predicted molar refractivity (Wildman–Crippen MR) is 144 cm³/mol. The van der Waals surface area contributed by atoms with Crippen LogP contribution in [0, 0.1) is 0 Å². The molecule has 4 rings (SSSR count). The molecule has 0 aliphatic carbocycles. The number of carbonyl (C=O) groups excluding carboxylic acids is 1. The van der Waals surface area contributed by atoms with E-state index in [4.69, 9.17) is 16.9 Å². The van der Waals surface area contributed by atoms with E-state index < -0.39 is 19.3 Å². The van der Waals surface area contributed by atoms with Crippen LogP contribution in [0.2, 0.25) is 0 Å². The van der Waals surface area contributed by atoms with E-state index in [1.54, 1.807) is 54.6 Å². The van der Waals surface area contributed by atoms with Crippen molar-refractivity contribution in [3.8, 4) is 0 Å². The minimum atomic E-state index is -4.09. The number of hydrogen-bond acceptors (Lipinski definition) is 4. The average Bonchev–Trinajstić information content (AvgIpc) is 2.89. The zero-order valence-electron chi connectivity index (χ0n) is 19.7. The topological polar surface area (TPSA) is 150 Å². The summed E-state index contributed by atoms with van der Waals surface area (Å²) in [6, 6.07) is 28.1. The average molecular weight is 501 g/mol. The molecule has 8 N–H and O–H groups in total. The van der Waals surface area contributed by atoms with Gasteiger partial charge in [0, 0.05) is 11.8 Å². The van der Waals surface area contributed by atoms with Crippen molar-refractivity contribution in [1.29, 1.82) is 0 Å². The molecule has 7 nitrogen and oxygen atoms in total. The van der Waals surface area contributed by atoms with E-state index >= 15 is 0 Å². The number of benzene rings is 4. The van der Waals surface area contributed by atoms with Crippen molar-refractivity contribution in [3.05, 3.63) is 114 Å². The molecule has 1 amide bonds. The molecule has 8 heteroatoms. The van der Waals surface area contributed by atoms with Crippen LogP contribution in [0.3, 0.4) is 0 Å². The molecule has 0 fully saturated rings. The fraction of sp³-hybridized carbons (Fsp3) is 0.107. The van der Waals surface area contributed by atoms with Gasteiger partial charge < -0.3 is 20.8 Å². The highest BCUT2D eigenvalue weighted by atomic mass is 31.2. The first kappa shape index (κ1) is 25.4. The molecule has 4 aromatic rings. The molecule has 0 heterocycles. The van der Waals surface area contributed by atoms with Gasteiger partial charge in [0.05, 0.1) is 11.6 Å². The predicted octanol–water partition coefficient (Wildman–Crippen LogP) is 0.189. The van der Waals surface area contributed by atoms with E-state index in [9.17, 15) is 14.6 Å². The third-order valence-electron chi connectivity index (χ3n) is 6.00. The van der Waals surface area contributed by atoms with Gasteiger partial charge in [0.15, 0.2) is 0 Å². The fourth-order valence-electron chi connectivity index (χ4n) is 3.97. The van der Waals surface area contributed by atoms with Crippen LogP contribution in [-0.2, 0) is 17.6 Å². The fourth-order valence-corrected chi connectivity index (χ4v) is 5.52. The van der Waals surface area contributed by atoms with E-state index in [2.05, 4.69) is 5.32 Å². The number of fused-ring (bicyclic) bond motifs is 1. The van der Waals surface area contributed by atoms with Crippen LogP contribution >= 0.6 is 7.34 Å². The molecule has 0 saturated carbocycles. The summed E-state index contributed by atoms with van der Waals surface area (Å²) in [5.74, 6) is -0.352. The number of nitrogens with one attached hydrogen (secondary N) is 1. The third-order valence-corrected chi connectivity index (χ3v) is 8.00. The lowest BCUT2D eigenvalue weighted by Crippen LogP contribution is -2.47. The Labute approximate surface area is 210 Å². The Balaban J connectivity index is 1.60. The van der Waals surface area contributed by atoms with Crippen molar-refractivity contribution in [2.24, 2.45) is 11.5 Å². The zero-order chi connectivity index (χ0) is 25.7. The molecule has 0 spiro atoms. The molecule has 1 unspecified atom stereocenters. The first-order chi connectivity index (χ1) is 17.2. The lowest BCUT2D eigenvalue weighted by Gasteiger charge is -2.32. The van der Waals surface area contributed by atoms with Gasteiger partial charge in [-0.1, -0.05) is 84.9 Å². The second-order valence-electron chi connectivity index (χ2n) is 8.67. The van der Waals surface area contributed by atoms with Crippen molar-refractivity contribution >= 4 is 40.6 Å². The summed E-state index contributed by atoms with van der Waals surface area (Å²) < 4.78 is 0. The van der Waals surface area contributed by atoms with Gasteiger partial charge in [-0.05, 0) is 53.1 Å². The highest BCUT2D eigenvalue weighted by molar-refractivity contribution is 7.71.